The van der Waals surface area contributed by atoms with Gasteiger partial charge < -0.3 is 4.90 Å². The molecule has 1 saturated heterocycles. The van der Waals surface area contributed by atoms with Crippen LogP contribution in [-0.2, 0) is 17.6 Å². The molecule has 2 aromatic rings. The van der Waals surface area contributed by atoms with Gasteiger partial charge in [0, 0.05) is 0 Å². The molecule has 24 heavy (non-hydrogen) atoms. The highest BCUT2D eigenvalue weighted by Crippen LogP contribution is 2.17. The molecule has 5 nitrogen and oxygen atoms in total. The van der Waals surface area contributed by atoms with Gasteiger partial charge in [0.2, 0.25) is 5.13 Å². The van der Waals surface area contributed by atoms with Crippen LogP contribution in [-0.4, -0.2) is 35.7 Å². The van der Waals surface area contributed by atoms with Crippen molar-refractivity contribution < 1.29 is 9.69 Å². The van der Waals surface area contributed by atoms with Gasteiger partial charge in [-0.3, -0.25) is 10.1 Å². The molecule has 1 aliphatic rings. The fourth-order valence-electron chi connectivity index (χ4n) is 3.25. The second-order valence-corrected chi connectivity index (χ2v) is 7.52. The van der Waals surface area contributed by atoms with Crippen molar-refractivity contribution in [3.05, 3.63) is 40.9 Å². The number of hydrogen-bond acceptors (Lipinski definition) is 4. The van der Waals surface area contributed by atoms with Crippen molar-refractivity contribution in [1.82, 2.24) is 10.2 Å². The van der Waals surface area contributed by atoms with Gasteiger partial charge in [-0.1, -0.05) is 48.6 Å². The summed E-state index contributed by atoms with van der Waals surface area (Å²) in [6, 6.07) is 10.7. The Morgan fingerprint density at radius 1 is 1.25 bits per heavy atom. The Morgan fingerprint density at radius 3 is 2.67 bits per heavy atom. The Balaban J connectivity index is 1.41. The Hall–Kier alpha value is -1.79. The Kier molecular flexibility index (Phi) is 5.93. The van der Waals surface area contributed by atoms with E-state index in [1.165, 1.54) is 34.6 Å². The SMILES string of the molecule is CCc1nnc(NC(=O)C[NH+]2CCC(Cc3ccccc3)CC2)s1. The first kappa shape index (κ1) is 17.0. The molecule has 0 aliphatic carbocycles. The first-order chi connectivity index (χ1) is 11.7. The number of likely N-dealkylation sites (tertiary alicyclic amines) is 1. The second-order valence-electron chi connectivity index (χ2n) is 6.46. The largest absolute Gasteiger partial charge is 0.327 e. The van der Waals surface area contributed by atoms with Crippen LogP contribution in [0.2, 0.25) is 0 Å². The molecule has 1 aromatic carbocycles. The van der Waals surface area contributed by atoms with Crippen molar-refractivity contribution in [2.75, 3.05) is 25.0 Å². The summed E-state index contributed by atoms with van der Waals surface area (Å²) in [5.74, 6) is 0.791. The van der Waals surface area contributed by atoms with E-state index in [0.29, 0.717) is 11.7 Å². The first-order valence-corrected chi connectivity index (χ1v) is 9.54. The van der Waals surface area contributed by atoms with Crippen molar-refractivity contribution in [1.29, 1.82) is 0 Å². The summed E-state index contributed by atoms with van der Waals surface area (Å²) in [6.45, 7) is 4.71. The number of aromatic nitrogens is 2. The molecule has 0 atom stereocenters. The average molecular weight is 345 g/mol. The summed E-state index contributed by atoms with van der Waals surface area (Å²) >= 11 is 1.46. The Bertz CT molecular complexity index is 650. The number of hydrogen-bond donors (Lipinski definition) is 2. The smallest absolute Gasteiger partial charge is 0.281 e. The minimum atomic E-state index is 0.0466. The molecule has 1 fully saturated rings. The van der Waals surface area contributed by atoms with E-state index in [0.717, 1.165) is 36.9 Å². The van der Waals surface area contributed by atoms with Gasteiger partial charge in [-0.2, -0.15) is 0 Å². The lowest BCUT2D eigenvalue weighted by Crippen LogP contribution is -3.14. The number of rotatable bonds is 6. The van der Waals surface area contributed by atoms with Crippen molar-refractivity contribution in [2.24, 2.45) is 5.92 Å². The van der Waals surface area contributed by atoms with Crippen LogP contribution < -0.4 is 10.2 Å². The maximum Gasteiger partial charge on any atom is 0.281 e. The molecule has 1 amide bonds. The number of benzene rings is 1. The van der Waals surface area contributed by atoms with Crippen molar-refractivity contribution >= 4 is 22.4 Å². The summed E-state index contributed by atoms with van der Waals surface area (Å²) < 4.78 is 0. The number of piperidine rings is 1. The third-order valence-electron chi connectivity index (χ3n) is 4.61. The van der Waals surface area contributed by atoms with Crippen LogP contribution in [0.15, 0.2) is 30.3 Å². The van der Waals surface area contributed by atoms with Crippen LogP contribution in [0.4, 0.5) is 5.13 Å². The summed E-state index contributed by atoms with van der Waals surface area (Å²) in [7, 11) is 0. The number of nitrogens with one attached hydrogen (secondary N) is 2. The summed E-state index contributed by atoms with van der Waals surface area (Å²) in [4.78, 5) is 13.5. The molecule has 2 N–H and O–H groups in total. The highest BCUT2D eigenvalue weighted by atomic mass is 32.1. The fourth-order valence-corrected chi connectivity index (χ4v) is 3.95. The molecule has 3 rings (SSSR count). The fraction of sp³-hybridized carbons (Fsp3) is 0.500. The number of anilines is 1. The van der Waals surface area contributed by atoms with Gasteiger partial charge in [0.15, 0.2) is 6.54 Å². The number of amides is 1. The molecular formula is C18H25N4OS+. The van der Waals surface area contributed by atoms with Crippen LogP contribution in [0.5, 0.6) is 0 Å². The first-order valence-electron chi connectivity index (χ1n) is 8.72. The van der Waals surface area contributed by atoms with E-state index in [2.05, 4.69) is 45.8 Å². The monoisotopic (exact) mass is 345 g/mol. The lowest BCUT2D eigenvalue weighted by atomic mass is 9.90. The number of carbonyl (C=O) groups is 1. The summed E-state index contributed by atoms with van der Waals surface area (Å²) in [5, 5.41) is 12.5. The van der Waals surface area contributed by atoms with Crippen LogP contribution in [0.1, 0.15) is 30.3 Å². The predicted molar refractivity (Wildman–Crippen MR) is 96.4 cm³/mol. The molecule has 1 aliphatic heterocycles. The van der Waals surface area contributed by atoms with Gasteiger partial charge in [0.1, 0.15) is 5.01 Å². The van der Waals surface area contributed by atoms with Crippen molar-refractivity contribution in [3.8, 4) is 0 Å². The maximum atomic E-state index is 12.2. The van der Waals surface area contributed by atoms with Crippen molar-refractivity contribution in [2.45, 2.75) is 32.6 Å². The molecule has 128 valence electrons. The van der Waals surface area contributed by atoms with Crippen LogP contribution in [0.25, 0.3) is 0 Å². The number of nitrogens with zero attached hydrogens (tertiary/aromatic N) is 2. The summed E-state index contributed by atoms with van der Waals surface area (Å²) in [6.07, 6.45) is 4.39. The van der Waals surface area contributed by atoms with E-state index >= 15 is 0 Å². The lowest BCUT2D eigenvalue weighted by molar-refractivity contribution is -0.898. The van der Waals surface area contributed by atoms with Gasteiger partial charge in [-0.05, 0) is 37.2 Å². The van der Waals surface area contributed by atoms with Crippen LogP contribution in [0, 0.1) is 5.92 Å². The van der Waals surface area contributed by atoms with Gasteiger partial charge in [0.05, 0.1) is 13.1 Å². The molecule has 6 heteroatoms. The highest BCUT2D eigenvalue weighted by molar-refractivity contribution is 7.15. The molecule has 0 unspecified atom stereocenters. The molecule has 2 heterocycles. The standard InChI is InChI=1S/C18H24N4OS/c1-2-17-20-21-18(24-17)19-16(23)13-22-10-8-15(9-11-22)12-14-6-4-3-5-7-14/h3-7,15H,2,8-13H2,1H3,(H,19,21,23)/p+1. The Morgan fingerprint density at radius 2 is 2.00 bits per heavy atom. The van der Waals surface area contributed by atoms with Gasteiger partial charge in [0.25, 0.3) is 5.91 Å². The minimum Gasteiger partial charge on any atom is -0.327 e. The lowest BCUT2D eigenvalue weighted by Gasteiger charge is -2.28. The highest BCUT2D eigenvalue weighted by Gasteiger charge is 2.24. The van der Waals surface area contributed by atoms with Crippen LogP contribution in [0.3, 0.4) is 0 Å². The van der Waals surface area contributed by atoms with Gasteiger partial charge in [-0.25, -0.2) is 0 Å². The van der Waals surface area contributed by atoms with E-state index in [1.807, 2.05) is 6.92 Å². The summed E-state index contributed by atoms with van der Waals surface area (Å²) in [5.41, 5.74) is 1.42. The van der Waals surface area contributed by atoms with Crippen LogP contribution >= 0.6 is 11.3 Å². The van der Waals surface area contributed by atoms with Crippen molar-refractivity contribution in [3.63, 3.8) is 0 Å². The van der Waals surface area contributed by atoms with E-state index in [4.69, 9.17) is 0 Å². The van der Waals surface area contributed by atoms with Gasteiger partial charge in [-0.15, -0.1) is 10.2 Å². The number of carbonyl (C=O) groups excluding carboxylic acids is 1. The number of quaternary nitrogens is 1. The van der Waals surface area contributed by atoms with E-state index in [9.17, 15) is 4.79 Å². The average Bonchev–Trinajstić information content (AvgIpc) is 3.05. The topological polar surface area (TPSA) is 59.3 Å². The zero-order valence-corrected chi connectivity index (χ0v) is 14.9. The maximum absolute atomic E-state index is 12.2. The van der Waals surface area contributed by atoms with E-state index in [-0.39, 0.29) is 5.91 Å². The molecule has 1 aromatic heterocycles. The quantitative estimate of drug-likeness (QED) is 0.836. The molecule has 0 spiro atoms. The minimum absolute atomic E-state index is 0.0466. The van der Waals surface area contributed by atoms with E-state index < -0.39 is 0 Å². The molecule has 0 bridgehead atoms. The zero-order chi connectivity index (χ0) is 16.8. The zero-order valence-electron chi connectivity index (χ0n) is 14.1. The molecule has 0 saturated carbocycles. The normalized spacial score (nSPS) is 20.7. The third-order valence-corrected chi connectivity index (χ3v) is 5.59. The van der Waals surface area contributed by atoms with Gasteiger partial charge >= 0.3 is 0 Å². The molecule has 0 radical (unpaired) electrons. The second kappa shape index (κ2) is 8.35. The number of aryl methyl sites for hydroxylation is 1. The van der Waals surface area contributed by atoms with E-state index in [1.54, 1.807) is 0 Å². The Labute approximate surface area is 147 Å². The predicted octanol–water partition coefficient (Wildman–Crippen LogP) is 1.58. The molecular weight excluding hydrogens is 320 g/mol. The third kappa shape index (κ3) is 4.85.